The molecule has 0 heterocycles. The fraction of sp³-hybridized carbons (Fsp3) is 0.600. The molecule has 1 rings (SSSR count). The highest BCUT2D eigenvalue weighted by Gasteiger charge is 2.43. The molecule has 0 spiro atoms. The Kier molecular flexibility index (Phi) is 19.2. The highest BCUT2D eigenvalue weighted by Crippen LogP contribution is 2.22. The lowest BCUT2D eigenvalue weighted by atomic mass is 9.87. The standard InChI is InChI=1S/C35H51NO8/c1-5-7-9-12-15-18-28(37)19-16-13-10-11-14-17-20-30(35(3,42)34(40)41)32(38)36-31(33(39)43-4)26-27-21-23-29(24-22-27)44-25-8-6-2/h17,20-24,30-31,42H,5,7,9-16,18-19,25-26H2,1-4H3,(H,36,38)(H,40,41)/t30-,31+,35+/m1/s1. The number of hydrogen-bond acceptors (Lipinski definition) is 7. The van der Waals surface area contributed by atoms with Gasteiger partial charge in [-0.2, -0.15) is 0 Å². The minimum absolute atomic E-state index is 0.0838. The number of ether oxygens (including phenoxy) is 2. The SMILES string of the molecule is CC#CCOc1ccc(C[C@H](NC(=O)[C@@H](C=CCCCCCCC(=O)CCCCCCC)[C@](C)(O)C(=O)O)C(=O)OC)cc1. The molecule has 0 saturated carbocycles. The molecule has 1 aromatic carbocycles. The summed E-state index contributed by atoms with van der Waals surface area (Å²) in [7, 11) is 1.20. The molecule has 3 N–H and O–H groups in total. The van der Waals surface area contributed by atoms with Gasteiger partial charge in [0.2, 0.25) is 5.91 Å². The van der Waals surface area contributed by atoms with Gasteiger partial charge in [0, 0.05) is 19.3 Å². The molecule has 1 amide bonds. The van der Waals surface area contributed by atoms with Crippen LogP contribution in [0.1, 0.15) is 103 Å². The minimum Gasteiger partial charge on any atom is -0.481 e. The van der Waals surface area contributed by atoms with Crippen LogP contribution >= 0.6 is 0 Å². The summed E-state index contributed by atoms with van der Waals surface area (Å²) in [6.45, 7) is 5.19. The Morgan fingerprint density at radius 1 is 0.977 bits per heavy atom. The summed E-state index contributed by atoms with van der Waals surface area (Å²) in [5.41, 5.74) is -1.70. The molecular formula is C35H51NO8. The van der Waals surface area contributed by atoms with Crippen LogP contribution in [0.3, 0.4) is 0 Å². The number of aliphatic carboxylic acids is 1. The van der Waals surface area contributed by atoms with E-state index in [1.165, 1.54) is 32.4 Å². The monoisotopic (exact) mass is 613 g/mol. The number of carboxylic acid groups (broad SMARTS) is 1. The van der Waals surface area contributed by atoms with Crippen molar-refractivity contribution in [3.8, 4) is 17.6 Å². The van der Waals surface area contributed by atoms with E-state index in [2.05, 4.69) is 24.1 Å². The van der Waals surface area contributed by atoms with Crippen LogP contribution in [0.25, 0.3) is 0 Å². The van der Waals surface area contributed by atoms with Gasteiger partial charge in [-0.25, -0.2) is 9.59 Å². The number of carbonyl (C=O) groups is 4. The van der Waals surface area contributed by atoms with Gasteiger partial charge in [0.05, 0.1) is 13.0 Å². The first kappa shape index (κ1) is 38.4. The maximum Gasteiger partial charge on any atom is 0.336 e. The molecule has 1 aromatic rings. The number of esters is 1. The first-order valence-electron chi connectivity index (χ1n) is 15.7. The number of rotatable bonds is 23. The number of Topliss-reactive ketones (excluding diaryl/α,β-unsaturated/α-hetero) is 1. The fourth-order valence-electron chi connectivity index (χ4n) is 4.63. The zero-order valence-corrected chi connectivity index (χ0v) is 26.9. The van der Waals surface area contributed by atoms with Crippen LogP contribution in [-0.4, -0.2) is 59.2 Å². The number of hydrogen-bond donors (Lipinski definition) is 3. The molecular weight excluding hydrogens is 562 g/mol. The second-order valence-corrected chi connectivity index (χ2v) is 11.2. The smallest absolute Gasteiger partial charge is 0.336 e. The van der Waals surface area contributed by atoms with Crippen molar-refractivity contribution in [2.24, 2.45) is 5.92 Å². The van der Waals surface area contributed by atoms with E-state index in [9.17, 15) is 29.4 Å². The van der Waals surface area contributed by atoms with E-state index in [1.807, 2.05) is 0 Å². The molecule has 0 fully saturated rings. The zero-order chi connectivity index (χ0) is 32.8. The number of aliphatic hydroxyl groups is 1. The molecule has 0 aliphatic rings. The molecule has 0 unspecified atom stereocenters. The largest absolute Gasteiger partial charge is 0.481 e. The third-order valence-corrected chi connectivity index (χ3v) is 7.44. The average Bonchev–Trinajstić information content (AvgIpc) is 3.00. The van der Waals surface area contributed by atoms with Gasteiger partial charge in [-0.1, -0.05) is 75.7 Å². The van der Waals surface area contributed by atoms with E-state index >= 15 is 0 Å². The summed E-state index contributed by atoms with van der Waals surface area (Å²) in [5.74, 6) is 1.94. The molecule has 0 bridgehead atoms. The van der Waals surface area contributed by atoms with Crippen LogP contribution in [0.4, 0.5) is 0 Å². The van der Waals surface area contributed by atoms with Gasteiger partial charge in [0.25, 0.3) is 0 Å². The van der Waals surface area contributed by atoms with Gasteiger partial charge in [-0.15, -0.1) is 5.92 Å². The fourth-order valence-corrected chi connectivity index (χ4v) is 4.63. The maximum absolute atomic E-state index is 13.3. The summed E-state index contributed by atoms with van der Waals surface area (Å²) < 4.78 is 10.4. The van der Waals surface area contributed by atoms with Crippen LogP contribution in [0.5, 0.6) is 5.75 Å². The predicted octanol–water partition coefficient (Wildman–Crippen LogP) is 5.57. The molecule has 0 saturated heterocycles. The van der Waals surface area contributed by atoms with Crippen LogP contribution in [0.2, 0.25) is 0 Å². The Balaban J connectivity index is 2.70. The first-order valence-corrected chi connectivity index (χ1v) is 15.7. The van der Waals surface area contributed by atoms with Crippen molar-refractivity contribution in [2.45, 2.75) is 116 Å². The number of amides is 1. The van der Waals surface area contributed by atoms with E-state index in [-0.39, 0.29) is 13.0 Å². The van der Waals surface area contributed by atoms with Crippen molar-refractivity contribution < 1.29 is 38.9 Å². The summed E-state index contributed by atoms with van der Waals surface area (Å²) in [5, 5.41) is 22.9. The third-order valence-electron chi connectivity index (χ3n) is 7.44. The van der Waals surface area contributed by atoms with Crippen LogP contribution < -0.4 is 10.1 Å². The maximum atomic E-state index is 13.3. The lowest BCUT2D eigenvalue weighted by Gasteiger charge is -2.27. The Morgan fingerprint density at radius 2 is 1.59 bits per heavy atom. The van der Waals surface area contributed by atoms with Gasteiger partial charge in [-0.3, -0.25) is 9.59 Å². The Bertz CT molecular complexity index is 1110. The second-order valence-electron chi connectivity index (χ2n) is 11.2. The predicted molar refractivity (Wildman–Crippen MR) is 170 cm³/mol. The normalized spacial score (nSPS) is 13.7. The van der Waals surface area contributed by atoms with Gasteiger partial charge < -0.3 is 25.0 Å². The molecule has 9 heteroatoms. The first-order chi connectivity index (χ1) is 21.1. The van der Waals surface area contributed by atoms with Crippen molar-refractivity contribution in [2.75, 3.05) is 13.7 Å². The number of methoxy groups -OCH3 is 1. The Labute approximate surface area is 262 Å². The third kappa shape index (κ3) is 15.2. The Hall–Kier alpha value is -3.64. The van der Waals surface area contributed by atoms with Crippen molar-refractivity contribution in [3.63, 3.8) is 0 Å². The van der Waals surface area contributed by atoms with Gasteiger partial charge >= 0.3 is 11.9 Å². The van der Waals surface area contributed by atoms with Crippen molar-refractivity contribution in [1.29, 1.82) is 0 Å². The highest BCUT2D eigenvalue weighted by atomic mass is 16.5. The molecule has 3 atom stereocenters. The average molecular weight is 614 g/mol. The summed E-state index contributed by atoms with van der Waals surface area (Å²) >= 11 is 0. The topological polar surface area (TPSA) is 139 Å². The molecule has 0 aromatic heterocycles. The molecule has 44 heavy (non-hydrogen) atoms. The number of unbranched alkanes of at least 4 members (excludes halogenated alkanes) is 8. The minimum atomic E-state index is -2.40. The summed E-state index contributed by atoms with van der Waals surface area (Å²) in [4.78, 5) is 49.6. The lowest BCUT2D eigenvalue weighted by Crippen LogP contribution is -2.53. The number of carboxylic acids is 1. The van der Waals surface area contributed by atoms with E-state index in [4.69, 9.17) is 9.47 Å². The highest BCUT2D eigenvalue weighted by molar-refractivity contribution is 5.92. The lowest BCUT2D eigenvalue weighted by molar-refractivity contribution is -0.164. The van der Waals surface area contributed by atoms with Crippen molar-refractivity contribution >= 4 is 23.6 Å². The molecule has 9 nitrogen and oxygen atoms in total. The van der Waals surface area contributed by atoms with E-state index in [0.717, 1.165) is 45.4 Å². The number of nitrogens with one attached hydrogen (secondary N) is 1. The van der Waals surface area contributed by atoms with Crippen LogP contribution in [-0.2, 0) is 30.3 Å². The van der Waals surface area contributed by atoms with E-state index in [1.54, 1.807) is 37.3 Å². The zero-order valence-electron chi connectivity index (χ0n) is 26.9. The van der Waals surface area contributed by atoms with E-state index < -0.39 is 35.4 Å². The quantitative estimate of drug-likeness (QED) is 0.0630. The number of benzene rings is 1. The molecule has 0 aliphatic carbocycles. The summed E-state index contributed by atoms with van der Waals surface area (Å²) in [6, 6.07) is 5.82. The second kappa shape index (κ2) is 22.0. The Morgan fingerprint density at radius 3 is 2.16 bits per heavy atom. The number of allylic oxidation sites excluding steroid dienone is 1. The summed E-state index contributed by atoms with van der Waals surface area (Å²) in [6.07, 6.45) is 14.1. The molecule has 0 radical (unpaired) electrons. The van der Waals surface area contributed by atoms with Crippen molar-refractivity contribution in [3.05, 3.63) is 42.0 Å². The molecule has 244 valence electrons. The van der Waals surface area contributed by atoms with Crippen LogP contribution in [0, 0.1) is 17.8 Å². The number of ketones is 1. The van der Waals surface area contributed by atoms with Gasteiger partial charge in [0.15, 0.2) is 5.60 Å². The molecule has 0 aliphatic heterocycles. The van der Waals surface area contributed by atoms with Gasteiger partial charge in [0.1, 0.15) is 24.2 Å². The van der Waals surface area contributed by atoms with Crippen LogP contribution in [0.15, 0.2) is 36.4 Å². The number of carbonyl (C=O) groups excluding carboxylic acids is 3. The van der Waals surface area contributed by atoms with Gasteiger partial charge in [-0.05, 0) is 57.2 Å². The van der Waals surface area contributed by atoms with Crippen molar-refractivity contribution in [1.82, 2.24) is 5.32 Å². The van der Waals surface area contributed by atoms with E-state index in [0.29, 0.717) is 36.4 Å².